The van der Waals surface area contributed by atoms with Crippen molar-refractivity contribution in [2.75, 3.05) is 4.90 Å². The van der Waals surface area contributed by atoms with Crippen LogP contribution in [0.5, 0.6) is 0 Å². The molecule has 0 N–H and O–H groups in total. The van der Waals surface area contributed by atoms with Gasteiger partial charge in [-0.1, -0.05) is 129 Å². The average Bonchev–Trinajstić information content (AvgIpc) is 3.78. The number of nitrogens with zero attached hydrogens (tertiary/aromatic N) is 1. The maximum absolute atomic E-state index is 6.79. The molecule has 0 fully saturated rings. The molecule has 0 saturated carbocycles. The second-order valence-electron chi connectivity index (χ2n) is 13.3. The lowest BCUT2D eigenvalue weighted by atomic mass is 9.82. The monoisotopic (exact) mass is 633 g/mol. The van der Waals surface area contributed by atoms with Gasteiger partial charge in [0.1, 0.15) is 11.2 Å². The Morgan fingerprint density at radius 2 is 1.21 bits per heavy atom. The molecule has 1 aliphatic carbocycles. The molecule has 0 bridgehead atoms. The molecule has 3 heteroatoms. The van der Waals surface area contributed by atoms with E-state index >= 15 is 0 Å². The molecular formula is C45H31NOS. The average molecular weight is 634 g/mol. The van der Waals surface area contributed by atoms with Crippen LogP contribution >= 0.6 is 11.3 Å². The number of benzene rings is 7. The van der Waals surface area contributed by atoms with E-state index in [-0.39, 0.29) is 5.41 Å². The van der Waals surface area contributed by atoms with E-state index in [4.69, 9.17) is 4.42 Å². The first-order valence-electron chi connectivity index (χ1n) is 16.5. The van der Waals surface area contributed by atoms with E-state index in [0.29, 0.717) is 0 Å². The highest BCUT2D eigenvalue weighted by Gasteiger charge is 2.38. The Kier molecular flexibility index (Phi) is 5.82. The van der Waals surface area contributed by atoms with Crippen LogP contribution in [0.2, 0.25) is 0 Å². The second kappa shape index (κ2) is 10.2. The number of hydrogen-bond acceptors (Lipinski definition) is 3. The van der Waals surface area contributed by atoms with Crippen LogP contribution < -0.4 is 4.90 Å². The Labute approximate surface area is 283 Å². The van der Waals surface area contributed by atoms with Crippen LogP contribution in [-0.2, 0) is 5.41 Å². The first-order chi connectivity index (χ1) is 23.6. The second-order valence-corrected chi connectivity index (χ2v) is 14.3. The first-order valence-corrected chi connectivity index (χ1v) is 17.3. The zero-order valence-corrected chi connectivity index (χ0v) is 27.5. The Morgan fingerprint density at radius 1 is 0.521 bits per heavy atom. The van der Waals surface area contributed by atoms with E-state index in [1.165, 1.54) is 53.8 Å². The zero-order chi connectivity index (χ0) is 32.0. The molecule has 2 nitrogen and oxygen atoms in total. The number of para-hydroxylation sites is 1. The lowest BCUT2D eigenvalue weighted by Gasteiger charge is -2.30. The van der Waals surface area contributed by atoms with Gasteiger partial charge in [0.25, 0.3) is 0 Å². The topological polar surface area (TPSA) is 16.4 Å². The molecule has 0 spiro atoms. The summed E-state index contributed by atoms with van der Waals surface area (Å²) in [6.45, 7) is 4.71. The van der Waals surface area contributed by atoms with Crippen LogP contribution in [0.1, 0.15) is 25.0 Å². The maximum atomic E-state index is 6.79. The van der Waals surface area contributed by atoms with Crippen molar-refractivity contribution < 1.29 is 4.42 Å². The van der Waals surface area contributed by atoms with Crippen molar-refractivity contribution in [3.05, 3.63) is 163 Å². The summed E-state index contributed by atoms with van der Waals surface area (Å²) in [5, 5.41) is 4.80. The molecule has 7 aromatic carbocycles. The Morgan fingerprint density at radius 3 is 2.10 bits per heavy atom. The number of rotatable bonds is 4. The van der Waals surface area contributed by atoms with Crippen LogP contribution in [-0.4, -0.2) is 0 Å². The highest BCUT2D eigenvalue weighted by Crippen LogP contribution is 2.56. The summed E-state index contributed by atoms with van der Waals surface area (Å²) in [6.07, 6.45) is 0. The van der Waals surface area contributed by atoms with E-state index in [2.05, 4.69) is 170 Å². The highest BCUT2D eigenvalue weighted by molar-refractivity contribution is 7.26. The van der Waals surface area contributed by atoms with E-state index in [0.717, 1.165) is 38.8 Å². The van der Waals surface area contributed by atoms with Gasteiger partial charge in [-0.3, -0.25) is 0 Å². The van der Waals surface area contributed by atoms with Crippen molar-refractivity contribution >= 4 is 70.5 Å². The summed E-state index contributed by atoms with van der Waals surface area (Å²) in [7, 11) is 0. The predicted octanol–water partition coefficient (Wildman–Crippen LogP) is 13.4. The lowest BCUT2D eigenvalue weighted by Crippen LogP contribution is -2.16. The van der Waals surface area contributed by atoms with Crippen molar-refractivity contribution in [1.29, 1.82) is 0 Å². The minimum absolute atomic E-state index is 0.119. The van der Waals surface area contributed by atoms with Gasteiger partial charge in [0.15, 0.2) is 0 Å². The van der Waals surface area contributed by atoms with Crippen molar-refractivity contribution in [3.63, 3.8) is 0 Å². The molecule has 2 aromatic heterocycles. The van der Waals surface area contributed by atoms with Gasteiger partial charge in [0, 0.05) is 37.4 Å². The fraction of sp³-hybridized carbons (Fsp3) is 0.0667. The standard InChI is InChI=1S/C45H31NOS/c1-45(2)34-20-9-6-17-32(34)41-35(45)21-13-22-36(41)46(38-23-12-19-31-30-16-8-11-25-40(30)48-44(31)38)37-27-26-29(28-14-4-3-5-15-28)43-42(37)33-18-7-10-24-39(33)47-43/h3-27H,1-2H3. The molecule has 1 aliphatic rings. The quantitative estimate of drug-likeness (QED) is 0.192. The zero-order valence-electron chi connectivity index (χ0n) is 26.7. The summed E-state index contributed by atoms with van der Waals surface area (Å²) >= 11 is 1.87. The van der Waals surface area contributed by atoms with Crippen LogP contribution in [0.3, 0.4) is 0 Å². The number of hydrogen-bond donors (Lipinski definition) is 0. The van der Waals surface area contributed by atoms with Gasteiger partial charge in [0.05, 0.1) is 27.1 Å². The molecule has 10 rings (SSSR count). The Hall–Kier alpha value is -5.64. The number of thiophene rings is 1. The predicted molar refractivity (Wildman–Crippen MR) is 204 cm³/mol. The summed E-state index contributed by atoms with van der Waals surface area (Å²) in [4.78, 5) is 2.52. The van der Waals surface area contributed by atoms with Gasteiger partial charge in [-0.25, -0.2) is 0 Å². The van der Waals surface area contributed by atoms with E-state index in [9.17, 15) is 0 Å². The SMILES string of the molecule is CC1(C)c2ccccc2-c2c(N(c3cccc4c3sc3ccccc34)c3ccc(-c4ccccc4)c4oc5ccccc5c34)cccc21. The van der Waals surface area contributed by atoms with E-state index < -0.39 is 0 Å². The third-order valence-corrected chi connectivity index (χ3v) is 11.5. The molecule has 2 heterocycles. The molecular weight excluding hydrogens is 603 g/mol. The van der Waals surface area contributed by atoms with Gasteiger partial charge < -0.3 is 9.32 Å². The fourth-order valence-electron chi connectivity index (χ4n) is 8.06. The molecule has 0 radical (unpaired) electrons. The van der Waals surface area contributed by atoms with Crippen LogP contribution in [0.15, 0.2) is 156 Å². The highest BCUT2D eigenvalue weighted by atomic mass is 32.1. The Balaban J connectivity index is 1.36. The largest absolute Gasteiger partial charge is 0.455 e. The minimum atomic E-state index is -0.119. The summed E-state index contributed by atoms with van der Waals surface area (Å²) in [6, 6.07) is 55.0. The smallest absolute Gasteiger partial charge is 0.145 e. The fourth-order valence-corrected chi connectivity index (χ4v) is 9.27. The molecule has 0 unspecified atom stereocenters. The van der Waals surface area contributed by atoms with Crippen LogP contribution in [0.4, 0.5) is 17.1 Å². The van der Waals surface area contributed by atoms with Crippen molar-refractivity contribution in [3.8, 4) is 22.3 Å². The Bertz CT molecular complexity index is 2710. The number of fused-ring (bicyclic) bond motifs is 9. The molecule has 0 saturated heterocycles. The molecule has 0 atom stereocenters. The summed E-state index contributed by atoms with van der Waals surface area (Å²) in [5.41, 5.74) is 12.7. The molecule has 0 amide bonds. The maximum Gasteiger partial charge on any atom is 0.145 e. The van der Waals surface area contributed by atoms with Gasteiger partial charge >= 0.3 is 0 Å². The van der Waals surface area contributed by atoms with Crippen molar-refractivity contribution in [1.82, 2.24) is 0 Å². The first kappa shape index (κ1) is 27.5. The third-order valence-electron chi connectivity index (χ3n) is 10.3. The molecule has 9 aromatic rings. The van der Waals surface area contributed by atoms with Crippen molar-refractivity contribution in [2.45, 2.75) is 19.3 Å². The summed E-state index contributed by atoms with van der Waals surface area (Å²) in [5.74, 6) is 0. The lowest BCUT2D eigenvalue weighted by molar-refractivity contribution is 0.660. The van der Waals surface area contributed by atoms with Crippen LogP contribution in [0.25, 0.3) is 64.4 Å². The summed E-state index contributed by atoms with van der Waals surface area (Å²) < 4.78 is 9.36. The minimum Gasteiger partial charge on any atom is -0.455 e. The van der Waals surface area contributed by atoms with Gasteiger partial charge in [-0.05, 0) is 58.7 Å². The molecule has 0 aliphatic heterocycles. The van der Waals surface area contributed by atoms with Crippen LogP contribution in [0, 0.1) is 0 Å². The molecule has 228 valence electrons. The third kappa shape index (κ3) is 3.79. The van der Waals surface area contributed by atoms with Gasteiger partial charge in [-0.2, -0.15) is 0 Å². The van der Waals surface area contributed by atoms with Crippen molar-refractivity contribution in [2.24, 2.45) is 0 Å². The van der Waals surface area contributed by atoms with Gasteiger partial charge in [-0.15, -0.1) is 11.3 Å². The molecule has 48 heavy (non-hydrogen) atoms. The van der Waals surface area contributed by atoms with E-state index in [1.807, 2.05) is 11.3 Å². The normalized spacial score (nSPS) is 13.4. The number of anilines is 3. The van der Waals surface area contributed by atoms with E-state index in [1.54, 1.807) is 0 Å². The van der Waals surface area contributed by atoms with Gasteiger partial charge in [0.2, 0.25) is 0 Å². The number of furan rings is 1.